The van der Waals surface area contributed by atoms with E-state index in [1.807, 2.05) is 18.2 Å². The van der Waals surface area contributed by atoms with Crippen molar-refractivity contribution < 1.29 is 27.8 Å². The lowest BCUT2D eigenvalue weighted by atomic mass is 9.79. The van der Waals surface area contributed by atoms with E-state index in [4.69, 9.17) is 14.6 Å². The van der Waals surface area contributed by atoms with Gasteiger partial charge in [0.1, 0.15) is 11.3 Å². The molecule has 3 fully saturated rings. The molecule has 2 atom stereocenters. The highest BCUT2D eigenvalue weighted by atomic mass is 19.4. The van der Waals surface area contributed by atoms with Crippen molar-refractivity contribution in [2.24, 2.45) is 11.8 Å². The highest BCUT2D eigenvalue weighted by molar-refractivity contribution is 5.91. The van der Waals surface area contributed by atoms with Gasteiger partial charge in [-0.05, 0) is 80.2 Å². The smallest absolute Gasteiger partial charge is 0.420 e. The number of hydrogen-bond donors (Lipinski definition) is 1. The number of nitrogens with zero attached hydrogens (tertiary/aromatic N) is 1. The summed E-state index contributed by atoms with van der Waals surface area (Å²) in [5.41, 5.74) is 0.207. The standard InChI is InChI=1S/C28H36F3NO.C3H8.CH2O2/c1-18-9-12-24(13-10-18)33-25-14-11-20-5-3-6-21(26(20)27(25)28(29,30)31)17-32-22-7-4-8-23(32)16-19(2)15-22;1-3-2;2-1-3/h3,5-6,11,14,18-19,22-24H,4,7-10,12-13,15-17H2,1-2H3;3H2,1-2H3;1H,(H,2,3). The molecule has 1 saturated carbocycles. The van der Waals surface area contributed by atoms with Gasteiger partial charge in [-0.25, -0.2) is 0 Å². The molecular weight excluding hydrogens is 503 g/mol. The minimum absolute atomic E-state index is 0.00876. The summed E-state index contributed by atoms with van der Waals surface area (Å²) in [6, 6.07) is 9.94. The molecule has 1 N–H and O–H groups in total. The van der Waals surface area contributed by atoms with Crippen LogP contribution in [0.5, 0.6) is 5.75 Å². The van der Waals surface area contributed by atoms with Crippen LogP contribution in [0.3, 0.4) is 0 Å². The van der Waals surface area contributed by atoms with Gasteiger partial charge in [0.05, 0.1) is 6.10 Å². The third-order valence-corrected chi connectivity index (χ3v) is 8.35. The Kier molecular flexibility index (Phi) is 11.5. The van der Waals surface area contributed by atoms with Crippen molar-refractivity contribution in [1.29, 1.82) is 0 Å². The number of piperidine rings is 2. The van der Waals surface area contributed by atoms with Gasteiger partial charge in [-0.1, -0.05) is 64.8 Å². The molecule has 3 aliphatic rings. The molecule has 2 heterocycles. The first kappa shape index (κ1) is 31.3. The Morgan fingerprint density at radius 1 is 0.949 bits per heavy atom. The number of rotatable bonds is 4. The molecular formula is C32H46F3NO3. The van der Waals surface area contributed by atoms with E-state index < -0.39 is 11.7 Å². The first-order valence-corrected chi connectivity index (χ1v) is 14.7. The summed E-state index contributed by atoms with van der Waals surface area (Å²) in [6.45, 7) is 9.11. The van der Waals surface area contributed by atoms with Crippen molar-refractivity contribution in [3.63, 3.8) is 0 Å². The van der Waals surface area contributed by atoms with Gasteiger partial charge in [0.25, 0.3) is 6.47 Å². The second kappa shape index (κ2) is 14.4. The molecule has 4 nitrogen and oxygen atoms in total. The van der Waals surface area contributed by atoms with Gasteiger partial charge < -0.3 is 9.84 Å². The normalized spacial score (nSPS) is 27.0. The van der Waals surface area contributed by atoms with Gasteiger partial charge in [0, 0.05) is 24.0 Å². The van der Waals surface area contributed by atoms with Gasteiger partial charge in [0.15, 0.2) is 0 Å². The quantitative estimate of drug-likeness (QED) is 0.387. The maximum atomic E-state index is 14.5. The number of carbonyl (C=O) groups is 1. The molecule has 2 aromatic rings. The van der Waals surface area contributed by atoms with Gasteiger partial charge in [-0.15, -0.1) is 0 Å². The third kappa shape index (κ3) is 8.12. The van der Waals surface area contributed by atoms with E-state index in [9.17, 15) is 13.2 Å². The molecule has 39 heavy (non-hydrogen) atoms. The number of carboxylic acid groups (broad SMARTS) is 1. The summed E-state index contributed by atoms with van der Waals surface area (Å²) in [7, 11) is 0. The molecule has 7 heteroatoms. The number of alkyl halides is 3. The Morgan fingerprint density at radius 2 is 1.54 bits per heavy atom. The highest BCUT2D eigenvalue weighted by Crippen LogP contribution is 2.45. The van der Waals surface area contributed by atoms with Crippen LogP contribution in [-0.4, -0.2) is 34.7 Å². The SMILES string of the molecule is CC1CCC(Oc2ccc3cccc(CN4C5CCCC4CC(C)C5)c3c2C(F)(F)F)CC1.CCC.O=CO. The maximum Gasteiger partial charge on any atom is 0.420 e. The monoisotopic (exact) mass is 549 g/mol. The van der Waals surface area contributed by atoms with E-state index in [0.29, 0.717) is 41.2 Å². The Hall–Kier alpha value is -2.28. The van der Waals surface area contributed by atoms with Crippen LogP contribution in [0.25, 0.3) is 10.8 Å². The zero-order valence-corrected chi connectivity index (χ0v) is 24.0. The number of ether oxygens (including phenoxy) is 1. The van der Waals surface area contributed by atoms with Gasteiger partial charge in [0.2, 0.25) is 0 Å². The Balaban J connectivity index is 0.000000643. The summed E-state index contributed by atoms with van der Waals surface area (Å²) in [6.07, 6.45) is 6.21. The van der Waals surface area contributed by atoms with Crippen molar-refractivity contribution in [2.75, 3.05) is 0 Å². The van der Waals surface area contributed by atoms with Crippen molar-refractivity contribution in [1.82, 2.24) is 4.90 Å². The molecule has 0 radical (unpaired) electrons. The zero-order chi connectivity index (χ0) is 28.6. The Morgan fingerprint density at radius 3 is 2.10 bits per heavy atom. The fraction of sp³-hybridized carbons (Fsp3) is 0.656. The number of fused-ring (bicyclic) bond motifs is 3. The van der Waals surface area contributed by atoms with E-state index in [-0.39, 0.29) is 18.3 Å². The summed E-state index contributed by atoms with van der Waals surface area (Å²) >= 11 is 0. The van der Waals surface area contributed by atoms with Gasteiger partial charge in [-0.3, -0.25) is 9.69 Å². The van der Waals surface area contributed by atoms with E-state index in [0.717, 1.165) is 56.9 Å². The molecule has 5 rings (SSSR count). The molecule has 0 aromatic heterocycles. The van der Waals surface area contributed by atoms with Crippen LogP contribution in [0.1, 0.15) is 103 Å². The average Bonchev–Trinajstić information content (AvgIpc) is 2.86. The van der Waals surface area contributed by atoms with Crippen LogP contribution < -0.4 is 4.74 Å². The molecule has 2 aliphatic heterocycles. The van der Waals surface area contributed by atoms with E-state index in [2.05, 4.69) is 32.6 Å². The van der Waals surface area contributed by atoms with Crippen LogP contribution in [0.2, 0.25) is 0 Å². The fourth-order valence-corrected chi connectivity index (χ4v) is 6.68. The lowest BCUT2D eigenvalue weighted by Gasteiger charge is -2.48. The van der Waals surface area contributed by atoms with Crippen LogP contribution in [0.15, 0.2) is 30.3 Å². The number of benzene rings is 2. The third-order valence-electron chi connectivity index (χ3n) is 8.35. The summed E-state index contributed by atoms with van der Waals surface area (Å²) < 4.78 is 49.7. The van der Waals surface area contributed by atoms with Crippen molar-refractivity contribution in [2.45, 2.75) is 123 Å². The second-order valence-corrected chi connectivity index (χ2v) is 11.8. The van der Waals surface area contributed by atoms with Crippen LogP contribution in [-0.2, 0) is 17.5 Å². The minimum atomic E-state index is -4.46. The fourth-order valence-electron chi connectivity index (χ4n) is 6.68. The topological polar surface area (TPSA) is 49.8 Å². The maximum absolute atomic E-state index is 14.5. The Labute approximate surface area is 231 Å². The van der Waals surface area contributed by atoms with Crippen molar-refractivity contribution in [3.8, 4) is 5.75 Å². The summed E-state index contributed by atoms with van der Waals surface area (Å²) in [5.74, 6) is 1.34. The molecule has 0 amide bonds. The van der Waals surface area contributed by atoms with Crippen LogP contribution >= 0.6 is 0 Å². The van der Waals surface area contributed by atoms with Crippen LogP contribution in [0.4, 0.5) is 13.2 Å². The van der Waals surface area contributed by atoms with E-state index in [1.165, 1.54) is 12.8 Å². The first-order chi connectivity index (χ1) is 18.6. The number of hydrogen-bond acceptors (Lipinski definition) is 3. The van der Waals surface area contributed by atoms with Gasteiger partial charge >= 0.3 is 6.18 Å². The average molecular weight is 550 g/mol. The Bertz CT molecular complexity index is 1030. The molecule has 2 aromatic carbocycles. The molecule has 2 bridgehead atoms. The molecule has 1 aliphatic carbocycles. The lowest BCUT2D eigenvalue weighted by Crippen LogP contribution is -2.51. The van der Waals surface area contributed by atoms with Gasteiger partial charge in [-0.2, -0.15) is 13.2 Å². The summed E-state index contributed by atoms with van der Waals surface area (Å²) in [4.78, 5) is 10.9. The minimum Gasteiger partial charge on any atom is -0.490 e. The lowest BCUT2D eigenvalue weighted by molar-refractivity contribution is -0.138. The second-order valence-electron chi connectivity index (χ2n) is 11.8. The molecule has 218 valence electrons. The molecule has 2 unspecified atom stereocenters. The first-order valence-electron chi connectivity index (χ1n) is 14.7. The predicted molar refractivity (Wildman–Crippen MR) is 151 cm³/mol. The van der Waals surface area contributed by atoms with Crippen LogP contribution in [0, 0.1) is 11.8 Å². The van der Waals surface area contributed by atoms with E-state index in [1.54, 1.807) is 12.1 Å². The molecule has 0 spiro atoms. The highest BCUT2D eigenvalue weighted by Gasteiger charge is 2.40. The predicted octanol–water partition coefficient (Wildman–Crippen LogP) is 9.09. The number of halogens is 3. The molecule has 2 saturated heterocycles. The van der Waals surface area contributed by atoms with E-state index >= 15 is 0 Å². The summed E-state index contributed by atoms with van der Waals surface area (Å²) in [5, 5.41) is 7.88. The largest absolute Gasteiger partial charge is 0.490 e. The van der Waals surface area contributed by atoms with Crippen molar-refractivity contribution in [3.05, 3.63) is 41.5 Å². The zero-order valence-electron chi connectivity index (χ0n) is 24.0. The van der Waals surface area contributed by atoms with Crippen molar-refractivity contribution >= 4 is 17.2 Å².